The smallest absolute Gasteiger partial charge is 0.325 e. The van der Waals surface area contributed by atoms with E-state index in [0.717, 1.165) is 0 Å². The molecule has 0 fully saturated rings. The van der Waals surface area contributed by atoms with Crippen LogP contribution in [0.2, 0.25) is 0 Å². The fraction of sp³-hybridized carbons (Fsp3) is 0.467. The summed E-state index contributed by atoms with van der Waals surface area (Å²) in [7, 11) is 2.92. The number of para-hydroxylation sites is 1. The van der Waals surface area contributed by atoms with E-state index in [1.807, 2.05) is 0 Å². The number of esters is 2. The van der Waals surface area contributed by atoms with Gasteiger partial charge in [0.05, 0.1) is 27.4 Å². The summed E-state index contributed by atoms with van der Waals surface area (Å²) >= 11 is 0. The van der Waals surface area contributed by atoms with E-state index in [1.54, 1.807) is 32.0 Å². The summed E-state index contributed by atoms with van der Waals surface area (Å²) in [5.41, 5.74) is 0.355. The second-order valence-corrected chi connectivity index (χ2v) is 4.02. The van der Waals surface area contributed by atoms with E-state index in [4.69, 9.17) is 18.9 Å². The molecule has 0 heterocycles. The van der Waals surface area contributed by atoms with Crippen LogP contribution in [-0.4, -0.2) is 39.4 Å². The zero-order chi connectivity index (χ0) is 15.8. The molecule has 0 aromatic heterocycles. The fourth-order valence-electron chi connectivity index (χ4n) is 1.94. The van der Waals surface area contributed by atoms with Gasteiger partial charge in [0, 0.05) is 5.56 Å². The van der Waals surface area contributed by atoms with Crippen LogP contribution in [-0.2, 0) is 19.1 Å². The van der Waals surface area contributed by atoms with Gasteiger partial charge in [0.2, 0.25) is 0 Å². The molecule has 116 valence electrons. The van der Waals surface area contributed by atoms with Gasteiger partial charge in [0.25, 0.3) is 0 Å². The van der Waals surface area contributed by atoms with Crippen molar-refractivity contribution >= 4 is 11.9 Å². The summed E-state index contributed by atoms with van der Waals surface area (Å²) < 4.78 is 20.4. The second-order valence-electron chi connectivity index (χ2n) is 4.02. The van der Waals surface area contributed by atoms with Crippen molar-refractivity contribution in [2.75, 3.05) is 27.4 Å². The maximum absolute atomic E-state index is 12.1. The van der Waals surface area contributed by atoms with E-state index >= 15 is 0 Å². The van der Waals surface area contributed by atoms with Gasteiger partial charge in [-0.3, -0.25) is 9.59 Å². The number of hydrogen-bond donors (Lipinski definition) is 0. The molecule has 0 unspecified atom stereocenters. The van der Waals surface area contributed by atoms with Crippen molar-refractivity contribution in [1.82, 2.24) is 0 Å². The topological polar surface area (TPSA) is 71.1 Å². The highest BCUT2D eigenvalue weighted by Gasteiger charge is 2.34. The maximum atomic E-state index is 12.1. The highest BCUT2D eigenvalue weighted by Crippen LogP contribution is 2.36. The van der Waals surface area contributed by atoms with Crippen molar-refractivity contribution in [3.05, 3.63) is 23.8 Å². The van der Waals surface area contributed by atoms with Crippen molar-refractivity contribution < 1.29 is 28.5 Å². The number of carbonyl (C=O) groups excluding carboxylic acids is 2. The summed E-state index contributed by atoms with van der Waals surface area (Å²) in [4.78, 5) is 24.2. The molecular formula is C15H20O6. The zero-order valence-corrected chi connectivity index (χ0v) is 12.7. The molecule has 0 saturated carbocycles. The first kappa shape index (κ1) is 16.8. The molecule has 0 aliphatic heterocycles. The first-order chi connectivity index (χ1) is 10.1. The first-order valence-electron chi connectivity index (χ1n) is 6.64. The third kappa shape index (κ3) is 3.87. The number of carbonyl (C=O) groups is 2. The van der Waals surface area contributed by atoms with E-state index in [1.165, 1.54) is 14.2 Å². The quantitative estimate of drug-likeness (QED) is 0.565. The van der Waals surface area contributed by atoms with Gasteiger partial charge in [0.1, 0.15) is 0 Å². The van der Waals surface area contributed by atoms with E-state index in [9.17, 15) is 9.59 Å². The number of benzene rings is 1. The summed E-state index contributed by atoms with van der Waals surface area (Å²) in [6.45, 7) is 3.67. The minimum Gasteiger partial charge on any atom is -0.493 e. The van der Waals surface area contributed by atoms with Crippen LogP contribution in [0.1, 0.15) is 25.3 Å². The summed E-state index contributed by atoms with van der Waals surface area (Å²) in [6, 6.07) is 4.96. The molecule has 0 aliphatic rings. The Hall–Kier alpha value is -2.24. The Bertz CT molecular complexity index is 479. The van der Waals surface area contributed by atoms with Crippen LogP contribution < -0.4 is 9.47 Å². The van der Waals surface area contributed by atoms with Crippen molar-refractivity contribution in [2.24, 2.45) is 0 Å². The molecule has 0 spiro atoms. The Balaban J connectivity index is 3.31. The predicted molar refractivity (Wildman–Crippen MR) is 75.6 cm³/mol. The van der Waals surface area contributed by atoms with Gasteiger partial charge >= 0.3 is 11.9 Å². The number of hydrogen-bond acceptors (Lipinski definition) is 6. The Morgan fingerprint density at radius 1 is 1.00 bits per heavy atom. The van der Waals surface area contributed by atoms with Crippen LogP contribution in [0.3, 0.4) is 0 Å². The largest absolute Gasteiger partial charge is 0.493 e. The Labute approximate surface area is 123 Å². The molecule has 1 aromatic rings. The SMILES string of the molecule is CCOC(=O)C(C(=O)OCC)c1cccc(OC)c1OC. The Morgan fingerprint density at radius 2 is 1.57 bits per heavy atom. The van der Waals surface area contributed by atoms with Gasteiger partial charge < -0.3 is 18.9 Å². The van der Waals surface area contributed by atoms with Crippen molar-refractivity contribution in [3.63, 3.8) is 0 Å². The molecule has 21 heavy (non-hydrogen) atoms. The van der Waals surface area contributed by atoms with Gasteiger partial charge in [-0.25, -0.2) is 0 Å². The Kier molecular flexibility index (Phi) is 6.52. The summed E-state index contributed by atoms with van der Waals surface area (Å²) in [6.07, 6.45) is 0. The van der Waals surface area contributed by atoms with Gasteiger partial charge in [-0.15, -0.1) is 0 Å². The van der Waals surface area contributed by atoms with Crippen molar-refractivity contribution in [1.29, 1.82) is 0 Å². The van der Waals surface area contributed by atoms with Gasteiger partial charge in [0.15, 0.2) is 17.4 Å². The highest BCUT2D eigenvalue weighted by atomic mass is 16.6. The molecule has 1 rings (SSSR count). The minimum absolute atomic E-state index is 0.168. The fourth-order valence-corrected chi connectivity index (χ4v) is 1.94. The number of methoxy groups -OCH3 is 2. The molecule has 0 amide bonds. The van der Waals surface area contributed by atoms with Crippen LogP contribution >= 0.6 is 0 Å². The predicted octanol–water partition coefficient (Wildman–Crippen LogP) is 1.91. The summed E-state index contributed by atoms with van der Waals surface area (Å²) in [5.74, 6) is -1.82. The third-order valence-electron chi connectivity index (χ3n) is 2.79. The molecule has 0 radical (unpaired) electrons. The molecule has 6 heteroatoms. The summed E-state index contributed by atoms with van der Waals surface area (Å²) in [5, 5.41) is 0. The third-order valence-corrected chi connectivity index (χ3v) is 2.79. The number of rotatable bonds is 7. The van der Waals surface area contributed by atoms with E-state index in [-0.39, 0.29) is 13.2 Å². The van der Waals surface area contributed by atoms with Crippen molar-refractivity contribution in [3.8, 4) is 11.5 Å². The lowest BCUT2D eigenvalue weighted by molar-refractivity contribution is -0.157. The molecule has 0 saturated heterocycles. The van der Waals surface area contributed by atoms with Gasteiger partial charge in [-0.2, -0.15) is 0 Å². The van der Waals surface area contributed by atoms with Crippen LogP contribution in [0.25, 0.3) is 0 Å². The Morgan fingerprint density at radius 3 is 2.00 bits per heavy atom. The molecule has 0 N–H and O–H groups in total. The minimum atomic E-state index is -1.20. The van der Waals surface area contributed by atoms with E-state index < -0.39 is 17.9 Å². The average Bonchev–Trinajstić information content (AvgIpc) is 2.47. The molecule has 6 nitrogen and oxygen atoms in total. The molecule has 0 aliphatic carbocycles. The van der Waals surface area contributed by atoms with E-state index in [0.29, 0.717) is 17.1 Å². The highest BCUT2D eigenvalue weighted by molar-refractivity contribution is 6.01. The lowest BCUT2D eigenvalue weighted by Crippen LogP contribution is -2.26. The second kappa shape index (κ2) is 8.14. The lowest BCUT2D eigenvalue weighted by atomic mass is 9.97. The first-order valence-corrected chi connectivity index (χ1v) is 6.64. The average molecular weight is 296 g/mol. The molecule has 0 bridgehead atoms. The standard InChI is InChI=1S/C15H20O6/c1-5-20-14(16)12(15(17)21-6-2)10-8-7-9-11(18-3)13(10)19-4/h7-9,12H,5-6H2,1-4H3. The molecule has 1 aromatic carbocycles. The van der Waals surface area contributed by atoms with Crippen molar-refractivity contribution in [2.45, 2.75) is 19.8 Å². The van der Waals surface area contributed by atoms with Gasteiger partial charge in [-0.05, 0) is 19.9 Å². The molecular weight excluding hydrogens is 276 g/mol. The van der Waals surface area contributed by atoms with Gasteiger partial charge in [-0.1, -0.05) is 12.1 Å². The normalized spacial score (nSPS) is 10.1. The van der Waals surface area contributed by atoms with Crippen LogP contribution in [0.5, 0.6) is 11.5 Å². The lowest BCUT2D eigenvalue weighted by Gasteiger charge is -2.18. The monoisotopic (exact) mass is 296 g/mol. The zero-order valence-electron chi connectivity index (χ0n) is 12.7. The van der Waals surface area contributed by atoms with Crippen LogP contribution in [0.15, 0.2) is 18.2 Å². The van der Waals surface area contributed by atoms with Crippen LogP contribution in [0, 0.1) is 0 Å². The van der Waals surface area contributed by atoms with Crippen LogP contribution in [0.4, 0.5) is 0 Å². The van der Waals surface area contributed by atoms with E-state index in [2.05, 4.69) is 0 Å². The molecule has 0 atom stereocenters. The number of ether oxygens (including phenoxy) is 4. The maximum Gasteiger partial charge on any atom is 0.325 e.